The van der Waals surface area contributed by atoms with Crippen LogP contribution in [0.4, 0.5) is 0 Å². The van der Waals surface area contributed by atoms with Crippen LogP contribution >= 0.6 is 23.2 Å². The molecule has 0 saturated heterocycles. The van der Waals surface area contributed by atoms with Crippen molar-refractivity contribution in [3.63, 3.8) is 0 Å². The van der Waals surface area contributed by atoms with Gasteiger partial charge in [0.1, 0.15) is 0 Å². The second kappa shape index (κ2) is 8.21. The minimum absolute atomic E-state index is 1.04. The molecule has 0 nitrogen and oxygen atoms in total. The summed E-state index contributed by atoms with van der Waals surface area (Å²) in [6.45, 7) is 0. The molecule has 4 aromatic rings. The van der Waals surface area contributed by atoms with Crippen LogP contribution in [0.25, 0.3) is 0 Å². The first-order chi connectivity index (χ1) is 13.3. The van der Waals surface area contributed by atoms with Gasteiger partial charge < -0.3 is 0 Å². The topological polar surface area (TPSA) is 0 Å². The minimum atomic E-state index is -2.20. The normalized spacial score (nSPS) is 11.9. The van der Waals surface area contributed by atoms with E-state index in [2.05, 4.69) is 131 Å². The summed E-state index contributed by atoms with van der Waals surface area (Å²) in [4.78, 5) is 0. The first kappa shape index (κ1) is 18.2. The van der Waals surface area contributed by atoms with Crippen LogP contribution in [0.1, 0.15) is 5.56 Å². The van der Waals surface area contributed by atoms with Crippen molar-refractivity contribution in [3.05, 3.63) is 125 Å². The Morgan fingerprint density at radius 1 is 0.481 bits per heavy atom. The molecule has 4 aromatic carbocycles. The summed E-state index contributed by atoms with van der Waals surface area (Å²) in [6.07, 6.45) is 1.04. The quantitative estimate of drug-likeness (QED) is 0.356. The first-order valence-corrected chi connectivity index (χ1v) is 12.2. The molecule has 0 fully saturated rings. The van der Waals surface area contributed by atoms with E-state index in [1.807, 2.05) is 0 Å². The Balaban J connectivity index is 1.98. The molecule has 0 amide bonds. The summed E-state index contributed by atoms with van der Waals surface area (Å²) in [5.74, 6) is 0. The molecule has 0 N–H and O–H groups in total. The Morgan fingerprint density at radius 3 is 1.22 bits per heavy atom. The van der Waals surface area contributed by atoms with Gasteiger partial charge in [0.25, 0.3) is 0 Å². The molecule has 27 heavy (non-hydrogen) atoms. The van der Waals surface area contributed by atoms with Gasteiger partial charge in [0.2, 0.25) is 0 Å². The van der Waals surface area contributed by atoms with Crippen molar-refractivity contribution in [2.24, 2.45) is 0 Å². The van der Waals surface area contributed by atoms with Gasteiger partial charge in [-0.15, -0.1) is 0 Å². The maximum atomic E-state index is 3.57. The van der Waals surface area contributed by atoms with Crippen molar-refractivity contribution in [2.45, 2.75) is 6.16 Å². The van der Waals surface area contributed by atoms with Gasteiger partial charge in [-0.3, -0.25) is 0 Å². The van der Waals surface area contributed by atoms with Crippen molar-refractivity contribution >= 4 is 39.1 Å². The Labute approximate surface area is 170 Å². The average molecular weight is 433 g/mol. The van der Waals surface area contributed by atoms with E-state index in [-0.39, 0.29) is 0 Å². The third-order valence-corrected chi connectivity index (χ3v) is 10.6. The van der Waals surface area contributed by atoms with Crippen LogP contribution in [-0.2, 0) is 6.16 Å². The molecule has 0 bridgehead atoms. The molecule has 4 rings (SSSR count). The Morgan fingerprint density at radius 2 is 0.852 bits per heavy atom. The molecule has 0 aliphatic heterocycles. The fraction of sp³-hybridized carbons (Fsp3) is 0.0400. The molecule has 0 aliphatic carbocycles. The van der Waals surface area contributed by atoms with Crippen LogP contribution in [0.5, 0.6) is 0 Å². The summed E-state index contributed by atoms with van der Waals surface area (Å²) < 4.78 is 1.12. The average Bonchev–Trinajstić information content (AvgIpc) is 2.75. The summed E-state index contributed by atoms with van der Waals surface area (Å²) in [6, 6.07) is 42.0. The van der Waals surface area contributed by atoms with Gasteiger partial charge in [-0.1, -0.05) is 0 Å². The molecule has 2 heteroatoms. The van der Waals surface area contributed by atoms with E-state index in [0.29, 0.717) is 0 Å². The zero-order valence-electron chi connectivity index (χ0n) is 15.1. The van der Waals surface area contributed by atoms with Crippen LogP contribution in [0, 0.1) is 0 Å². The van der Waals surface area contributed by atoms with E-state index < -0.39 is 7.26 Å². The van der Waals surface area contributed by atoms with Gasteiger partial charge in [-0.05, 0) is 0 Å². The molecule has 0 heterocycles. The van der Waals surface area contributed by atoms with Crippen LogP contribution in [0.3, 0.4) is 0 Å². The monoisotopic (exact) mass is 432 g/mol. The van der Waals surface area contributed by atoms with Gasteiger partial charge in [-0.2, -0.15) is 0 Å². The number of benzene rings is 4. The molecule has 0 aromatic heterocycles. The third-order valence-electron chi connectivity index (χ3n) is 5.18. The maximum absolute atomic E-state index is 3.57. The fourth-order valence-corrected chi connectivity index (χ4v) is 8.89. The van der Waals surface area contributed by atoms with E-state index in [9.17, 15) is 0 Å². The van der Waals surface area contributed by atoms with Crippen LogP contribution in [0.2, 0.25) is 0 Å². The first-order valence-electron chi connectivity index (χ1n) is 9.20. The zero-order valence-corrected chi connectivity index (χ0v) is 17.6. The third kappa shape index (κ3) is 3.76. The second-order valence-corrected chi connectivity index (χ2v) is 11.6. The fourth-order valence-electron chi connectivity index (χ4n) is 3.88. The zero-order chi connectivity index (χ0) is 18.5. The van der Waals surface area contributed by atoms with E-state index in [1.54, 1.807) is 0 Å². The van der Waals surface area contributed by atoms with Gasteiger partial charge in [0.15, 0.2) is 0 Å². The van der Waals surface area contributed by atoms with Gasteiger partial charge in [0.05, 0.1) is 0 Å². The second-order valence-electron chi connectivity index (χ2n) is 6.81. The summed E-state index contributed by atoms with van der Waals surface area (Å²) in [5, 5.41) is 4.35. The molecule has 0 atom stereocenters. The van der Waals surface area contributed by atoms with Crippen LogP contribution in [0.15, 0.2) is 120 Å². The van der Waals surface area contributed by atoms with Crippen molar-refractivity contribution in [3.8, 4) is 0 Å². The summed E-state index contributed by atoms with van der Waals surface area (Å²) in [5.41, 5.74) is 1.38. The molecule has 0 saturated carbocycles. The predicted molar refractivity (Wildman–Crippen MR) is 124 cm³/mol. The standard InChI is InChI=1S/C25H22BrP/c26-22-18-16-21(17-19-22)20-27(23-10-4-1-5-11-23,24-12-6-2-7-13-24)25-14-8-3-9-15-25/h1-19,27H,20H2. The predicted octanol–water partition coefficient (Wildman–Crippen LogP) is 5.68. The molecule has 0 radical (unpaired) electrons. The van der Waals surface area contributed by atoms with E-state index in [4.69, 9.17) is 0 Å². The SMILES string of the molecule is Brc1ccc(C[PH](c2ccccc2)(c2ccccc2)c2ccccc2)cc1. The molecule has 0 unspecified atom stereocenters. The Bertz CT molecular complexity index is 884. The van der Waals surface area contributed by atoms with E-state index >= 15 is 0 Å². The molecule has 0 aliphatic rings. The summed E-state index contributed by atoms with van der Waals surface area (Å²) in [7, 11) is -2.20. The van der Waals surface area contributed by atoms with Crippen molar-refractivity contribution in [1.82, 2.24) is 0 Å². The van der Waals surface area contributed by atoms with E-state index in [0.717, 1.165) is 10.6 Å². The Hall–Kier alpha value is -2.21. The number of hydrogen-bond acceptors (Lipinski definition) is 0. The molecule has 0 spiro atoms. The van der Waals surface area contributed by atoms with Gasteiger partial charge >= 0.3 is 171 Å². The van der Waals surface area contributed by atoms with Crippen LogP contribution in [-0.4, -0.2) is 0 Å². The summed E-state index contributed by atoms with van der Waals surface area (Å²) >= 11 is 3.57. The molecular formula is C25H22BrP. The van der Waals surface area contributed by atoms with Crippen LogP contribution < -0.4 is 15.9 Å². The molecule has 134 valence electrons. The molecular weight excluding hydrogens is 411 g/mol. The number of hydrogen-bond donors (Lipinski definition) is 0. The number of halogens is 1. The van der Waals surface area contributed by atoms with Crippen molar-refractivity contribution < 1.29 is 0 Å². The van der Waals surface area contributed by atoms with Crippen molar-refractivity contribution in [1.29, 1.82) is 0 Å². The van der Waals surface area contributed by atoms with Crippen molar-refractivity contribution in [2.75, 3.05) is 0 Å². The van der Waals surface area contributed by atoms with Gasteiger partial charge in [-0.25, -0.2) is 0 Å². The Kier molecular flexibility index (Phi) is 5.53. The van der Waals surface area contributed by atoms with E-state index in [1.165, 1.54) is 21.5 Å². The van der Waals surface area contributed by atoms with Gasteiger partial charge in [0, 0.05) is 0 Å². The number of rotatable bonds is 5.